The van der Waals surface area contributed by atoms with Crippen molar-refractivity contribution in [3.05, 3.63) is 40.1 Å². The van der Waals surface area contributed by atoms with Gasteiger partial charge in [-0.25, -0.2) is 15.1 Å². The molecular weight excluding hydrogens is 522 g/mol. The minimum Gasteiger partial charge on any atom is -0.379 e. The molecule has 0 bridgehead atoms. The zero-order chi connectivity index (χ0) is 27.7. The van der Waals surface area contributed by atoms with Gasteiger partial charge in [0.1, 0.15) is 5.56 Å². The summed E-state index contributed by atoms with van der Waals surface area (Å²) in [5.41, 5.74) is -4.00. The third kappa shape index (κ3) is 6.34. The molecule has 10 nitrogen and oxygen atoms in total. The molecule has 2 N–H and O–H groups in total. The van der Waals surface area contributed by atoms with Gasteiger partial charge in [-0.05, 0) is 19.9 Å². The number of aromatic nitrogens is 4. The van der Waals surface area contributed by atoms with Gasteiger partial charge < -0.3 is 20.0 Å². The van der Waals surface area contributed by atoms with Crippen LogP contribution in [0.2, 0.25) is 0 Å². The number of anilines is 2. The van der Waals surface area contributed by atoms with Crippen molar-refractivity contribution >= 4 is 17.5 Å². The van der Waals surface area contributed by atoms with Crippen molar-refractivity contribution in [2.24, 2.45) is 5.92 Å². The molecule has 38 heavy (non-hydrogen) atoms. The fourth-order valence-electron chi connectivity index (χ4n) is 4.70. The van der Waals surface area contributed by atoms with Gasteiger partial charge in [-0.15, -0.1) is 0 Å². The van der Waals surface area contributed by atoms with E-state index in [2.05, 4.69) is 20.4 Å². The Bertz CT molecular complexity index is 1180. The molecule has 208 valence electrons. The number of aromatic amines is 1. The van der Waals surface area contributed by atoms with Gasteiger partial charge in [0.25, 0.3) is 5.56 Å². The predicted octanol–water partition coefficient (Wildman–Crippen LogP) is 2.07. The standard InChI is InChI=1S/C22H26F6N8O2/c1-13(32-16-10-31-33-18(37)17(16)22(26,27)28)11-34-3-2-14(12-34)19(38)35-4-6-36(7-5-35)20-29-8-15(9-30-20)21(23,24)25/h8-10,13-14H,2-7,11-12H2,1H3,(H2,32,33,37)/t13?,14-/m1/s1. The molecule has 2 aromatic rings. The number of halogens is 6. The van der Waals surface area contributed by atoms with Crippen LogP contribution in [0.3, 0.4) is 0 Å². The Balaban J connectivity index is 1.27. The smallest absolute Gasteiger partial charge is 0.379 e. The van der Waals surface area contributed by atoms with Crippen molar-refractivity contribution in [1.82, 2.24) is 30.0 Å². The third-order valence-electron chi connectivity index (χ3n) is 6.53. The van der Waals surface area contributed by atoms with Gasteiger partial charge in [0.2, 0.25) is 11.9 Å². The summed E-state index contributed by atoms with van der Waals surface area (Å²) in [6.45, 7) is 4.54. The third-order valence-corrected chi connectivity index (χ3v) is 6.53. The van der Waals surface area contributed by atoms with Crippen LogP contribution in [0.15, 0.2) is 23.4 Å². The molecule has 0 aromatic carbocycles. The topological polar surface area (TPSA) is 110 Å². The molecule has 2 fully saturated rings. The van der Waals surface area contributed by atoms with Crippen LogP contribution in [0.4, 0.5) is 38.0 Å². The van der Waals surface area contributed by atoms with Crippen LogP contribution < -0.4 is 15.8 Å². The number of alkyl halides is 6. The first-order valence-electron chi connectivity index (χ1n) is 11.9. The minimum atomic E-state index is -4.84. The van der Waals surface area contributed by atoms with Gasteiger partial charge in [-0.1, -0.05) is 0 Å². The summed E-state index contributed by atoms with van der Waals surface area (Å²) in [7, 11) is 0. The second kappa shape index (κ2) is 10.7. The van der Waals surface area contributed by atoms with Crippen molar-refractivity contribution in [2.45, 2.75) is 31.7 Å². The lowest BCUT2D eigenvalue weighted by Crippen LogP contribution is -2.51. The van der Waals surface area contributed by atoms with Crippen molar-refractivity contribution in [2.75, 3.05) is 56.0 Å². The summed E-state index contributed by atoms with van der Waals surface area (Å²) < 4.78 is 78.0. The number of likely N-dealkylation sites (tertiary alicyclic amines) is 1. The van der Waals surface area contributed by atoms with E-state index in [-0.39, 0.29) is 17.8 Å². The molecule has 2 aliphatic heterocycles. The Morgan fingerprint density at radius 1 is 1.05 bits per heavy atom. The Hall–Kier alpha value is -3.43. The summed E-state index contributed by atoms with van der Waals surface area (Å²) in [6.07, 6.45) is -6.37. The van der Waals surface area contributed by atoms with Crippen LogP contribution in [0.25, 0.3) is 0 Å². The first kappa shape index (κ1) is 27.6. The van der Waals surface area contributed by atoms with Crippen molar-refractivity contribution in [3.63, 3.8) is 0 Å². The van der Waals surface area contributed by atoms with Gasteiger partial charge in [-0.2, -0.15) is 31.4 Å². The van der Waals surface area contributed by atoms with E-state index >= 15 is 0 Å². The lowest BCUT2D eigenvalue weighted by Gasteiger charge is -2.36. The van der Waals surface area contributed by atoms with E-state index in [0.29, 0.717) is 52.2 Å². The summed E-state index contributed by atoms with van der Waals surface area (Å²) in [6, 6.07) is -0.458. The Morgan fingerprint density at radius 2 is 1.71 bits per heavy atom. The van der Waals surface area contributed by atoms with E-state index in [9.17, 15) is 35.9 Å². The molecule has 0 spiro atoms. The molecule has 1 unspecified atom stereocenters. The van der Waals surface area contributed by atoms with E-state index in [1.807, 2.05) is 4.90 Å². The van der Waals surface area contributed by atoms with E-state index < -0.39 is 40.8 Å². The Labute approximate surface area is 213 Å². The van der Waals surface area contributed by atoms with Gasteiger partial charge >= 0.3 is 12.4 Å². The largest absolute Gasteiger partial charge is 0.423 e. The van der Waals surface area contributed by atoms with Gasteiger partial charge in [0.15, 0.2) is 0 Å². The van der Waals surface area contributed by atoms with E-state index in [0.717, 1.165) is 18.6 Å². The van der Waals surface area contributed by atoms with Crippen LogP contribution in [-0.4, -0.2) is 87.7 Å². The molecule has 4 heterocycles. The second-order valence-electron chi connectivity index (χ2n) is 9.36. The molecule has 0 saturated carbocycles. The zero-order valence-corrected chi connectivity index (χ0v) is 20.3. The Kier molecular flexibility index (Phi) is 7.80. The number of nitrogens with zero attached hydrogens (tertiary/aromatic N) is 6. The second-order valence-corrected chi connectivity index (χ2v) is 9.36. The van der Waals surface area contributed by atoms with E-state index in [1.165, 1.54) is 0 Å². The van der Waals surface area contributed by atoms with Crippen LogP contribution >= 0.6 is 0 Å². The number of carbonyl (C=O) groups excluding carboxylic acids is 1. The number of rotatable bonds is 6. The van der Waals surface area contributed by atoms with E-state index in [1.54, 1.807) is 21.8 Å². The normalized spacial score (nSPS) is 20.0. The highest BCUT2D eigenvalue weighted by Gasteiger charge is 2.38. The van der Waals surface area contributed by atoms with Gasteiger partial charge in [-0.3, -0.25) is 9.59 Å². The van der Waals surface area contributed by atoms with Crippen molar-refractivity contribution in [3.8, 4) is 0 Å². The highest BCUT2D eigenvalue weighted by molar-refractivity contribution is 5.79. The maximum Gasteiger partial charge on any atom is 0.423 e. The fraction of sp³-hybridized carbons (Fsp3) is 0.591. The lowest BCUT2D eigenvalue weighted by molar-refractivity contribution is -0.139. The predicted molar refractivity (Wildman–Crippen MR) is 123 cm³/mol. The number of hydrogen-bond donors (Lipinski definition) is 2. The number of H-pyrrole nitrogens is 1. The maximum atomic E-state index is 13.3. The number of piperazine rings is 1. The lowest BCUT2D eigenvalue weighted by atomic mass is 10.1. The molecule has 2 aromatic heterocycles. The maximum absolute atomic E-state index is 13.3. The van der Waals surface area contributed by atoms with Crippen molar-refractivity contribution in [1.29, 1.82) is 0 Å². The number of nitrogens with one attached hydrogen (secondary N) is 2. The highest BCUT2D eigenvalue weighted by atomic mass is 19.4. The molecule has 0 aliphatic carbocycles. The van der Waals surface area contributed by atoms with Crippen LogP contribution in [0, 0.1) is 5.92 Å². The average Bonchev–Trinajstić information content (AvgIpc) is 3.30. The van der Waals surface area contributed by atoms with Gasteiger partial charge in [0.05, 0.1) is 23.4 Å². The summed E-state index contributed by atoms with van der Waals surface area (Å²) >= 11 is 0. The number of hydrogen-bond acceptors (Lipinski definition) is 8. The summed E-state index contributed by atoms with van der Waals surface area (Å²) in [5.74, 6) is -0.148. The van der Waals surface area contributed by atoms with E-state index in [4.69, 9.17) is 0 Å². The zero-order valence-electron chi connectivity index (χ0n) is 20.3. The highest BCUT2D eigenvalue weighted by Crippen LogP contribution is 2.32. The average molecular weight is 548 g/mol. The first-order valence-corrected chi connectivity index (χ1v) is 11.9. The SMILES string of the molecule is CC(CN1CC[C@@H](C(=O)N2CCN(c3ncc(C(F)(F)F)cn3)CC2)C1)Nc1cn[nH]c(=O)c1C(F)(F)F. The molecule has 16 heteroatoms. The molecule has 0 radical (unpaired) electrons. The van der Waals surface area contributed by atoms with Crippen LogP contribution in [0.1, 0.15) is 24.5 Å². The quantitative estimate of drug-likeness (QED) is 0.529. The summed E-state index contributed by atoms with van der Waals surface area (Å²) in [5, 5.41) is 7.95. The molecule has 2 atom stereocenters. The van der Waals surface area contributed by atoms with Crippen LogP contribution in [0.5, 0.6) is 0 Å². The Morgan fingerprint density at radius 3 is 2.32 bits per heavy atom. The monoisotopic (exact) mass is 548 g/mol. The van der Waals surface area contributed by atoms with Gasteiger partial charge in [0, 0.05) is 57.7 Å². The number of carbonyl (C=O) groups is 1. The molecular formula is C22H26F6N8O2. The minimum absolute atomic E-state index is 0.0424. The van der Waals surface area contributed by atoms with Crippen molar-refractivity contribution < 1.29 is 31.1 Å². The summed E-state index contributed by atoms with van der Waals surface area (Å²) in [4.78, 5) is 37.7. The molecule has 4 rings (SSSR count). The number of amides is 1. The molecule has 1 amide bonds. The molecule has 2 aliphatic rings. The molecule has 2 saturated heterocycles. The van der Waals surface area contributed by atoms with Crippen LogP contribution in [-0.2, 0) is 17.1 Å². The fourth-order valence-corrected chi connectivity index (χ4v) is 4.70. The first-order chi connectivity index (χ1) is 17.8.